The van der Waals surface area contributed by atoms with Gasteiger partial charge >= 0.3 is 12.0 Å². The van der Waals surface area contributed by atoms with Crippen molar-refractivity contribution in [2.24, 2.45) is 0 Å². The van der Waals surface area contributed by atoms with Crippen molar-refractivity contribution in [1.82, 2.24) is 10.2 Å². The normalized spacial score (nSPS) is 22.0. The number of urea groups is 1. The first-order chi connectivity index (χ1) is 10.8. The molecule has 23 heavy (non-hydrogen) atoms. The molecule has 0 aliphatic carbocycles. The summed E-state index contributed by atoms with van der Waals surface area (Å²) >= 11 is 0. The second-order valence-corrected chi connectivity index (χ2v) is 5.45. The van der Waals surface area contributed by atoms with Gasteiger partial charge in [-0.2, -0.15) is 0 Å². The molecule has 7 nitrogen and oxygen atoms in total. The monoisotopic (exact) mass is 320 g/mol. The smallest absolute Gasteiger partial charge is 0.326 e. The van der Waals surface area contributed by atoms with E-state index < -0.39 is 29.5 Å². The SMILES string of the molecule is CCOc1ccc(C2(C)NC(=O)N(C(CC)C(=O)O)C2=O)cc1. The van der Waals surface area contributed by atoms with Crippen molar-refractivity contribution < 1.29 is 24.2 Å². The van der Waals surface area contributed by atoms with E-state index in [0.717, 1.165) is 4.90 Å². The second kappa shape index (κ2) is 6.28. The number of amides is 3. The number of nitrogens with one attached hydrogen (secondary N) is 1. The molecule has 1 aliphatic heterocycles. The van der Waals surface area contributed by atoms with Gasteiger partial charge in [-0.3, -0.25) is 4.79 Å². The molecule has 1 aromatic rings. The van der Waals surface area contributed by atoms with Crippen LogP contribution in [0.2, 0.25) is 0 Å². The van der Waals surface area contributed by atoms with E-state index in [1.54, 1.807) is 38.1 Å². The van der Waals surface area contributed by atoms with Gasteiger partial charge in [-0.05, 0) is 38.0 Å². The summed E-state index contributed by atoms with van der Waals surface area (Å²) in [5.41, 5.74) is -0.716. The van der Waals surface area contributed by atoms with Crippen LogP contribution in [0.4, 0.5) is 4.79 Å². The van der Waals surface area contributed by atoms with Crippen LogP contribution in [0.1, 0.15) is 32.8 Å². The highest BCUT2D eigenvalue weighted by molar-refractivity contribution is 6.09. The fourth-order valence-electron chi connectivity index (χ4n) is 2.66. The lowest BCUT2D eigenvalue weighted by Crippen LogP contribution is -2.46. The molecule has 0 radical (unpaired) electrons. The van der Waals surface area contributed by atoms with Crippen LogP contribution in [0.5, 0.6) is 5.75 Å². The lowest BCUT2D eigenvalue weighted by atomic mass is 9.91. The molecule has 0 bridgehead atoms. The summed E-state index contributed by atoms with van der Waals surface area (Å²) < 4.78 is 5.35. The Bertz CT molecular complexity index is 628. The zero-order valence-corrected chi connectivity index (χ0v) is 13.3. The molecule has 0 saturated carbocycles. The van der Waals surface area contributed by atoms with Crippen LogP contribution in [-0.4, -0.2) is 40.6 Å². The summed E-state index contributed by atoms with van der Waals surface area (Å²) in [6, 6.07) is 4.93. The van der Waals surface area contributed by atoms with E-state index in [1.807, 2.05) is 6.92 Å². The molecule has 2 atom stereocenters. The van der Waals surface area contributed by atoms with E-state index in [2.05, 4.69) is 5.32 Å². The molecule has 0 spiro atoms. The topological polar surface area (TPSA) is 95.9 Å². The number of hydrogen-bond acceptors (Lipinski definition) is 4. The van der Waals surface area contributed by atoms with Crippen molar-refractivity contribution in [2.75, 3.05) is 6.61 Å². The molecule has 0 aromatic heterocycles. The van der Waals surface area contributed by atoms with Gasteiger partial charge in [-0.15, -0.1) is 0 Å². The highest BCUT2D eigenvalue weighted by Crippen LogP contribution is 2.31. The minimum Gasteiger partial charge on any atom is -0.494 e. The van der Waals surface area contributed by atoms with Crippen LogP contribution in [-0.2, 0) is 15.1 Å². The Hall–Kier alpha value is -2.57. The number of hydrogen-bond donors (Lipinski definition) is 2. The molecule has 2 rings (SSSR count). The number of imide groups is 1. The fourth-order valence-corrected chi connectivity index (χ4v) is 2.66. The quantitative estimate of drug-likeness (QED) is 0.778. The van der Waals surface area contributed by atoms with Gasteiger partial charge in [0.15, 0.2) is 0 Å². The number of aliphatic carboxylic acids is 1. The average Bonchev–Trinajstić information content (AvgIpc) is 2.73. The Balaban J connectivity index is 2.34. The van der Waals surface area contributed by atoms with Gasteiger partial charge in [-0.25, -0.2) is 14.5 Å². The average molecular weight is 320 g/mol. The summed E-state index contributed by atoms with van der Waals surface area (Å²) in [5.74, 6) is -1.11. The zero-order valence-electron chi connectivity index (χ0n) is 13.3. The number of benzene rings is 1. The minimum absolute atomic E-state index is 0.147. The standard InChI is InChI=1S/C16H20N2O5/c1-4-12(13(19)20)18-14(21)16(3,17-15(18)22)10-6-8-11(9-7-10)23-5-2/h6-9,12H,4-5H2,1-3H3,(H,17,22)(H,19,20). The molecule has 1 aliphatic rings. The molecule has 7 heteroatoms. The van der Waals surface area contributed by atoms with E-state index in [1.165, 1.54) is 0 Å². The van der Waals surface area contributed by atoms with Gasteiger partial charge in [0.25, 0.3) is 5.91 Å². The molecule has 2 unspecified atom stereocenters. The maximum atomic E-state index is 12.7. The molecule has 1 heterocycles. The third-order valence-corrected chi connectivity index (χ3v) is 3.95. The Kier molecular flexibility index (Phi) is 4.58. The number of rotatable bonds is 6. The van der Waals surface area contributed by atoms with Gasteiger partial charge in [-0.1, -0.05) is 19.1 Å². The van der Waals surface area contributed by atoms with Crippen LogP contribution in [0.25, 0.3) is 0 Å². The predicted octanol–water partition coefficient (Wildman–Crippen LogP) is 1.72. The summed E-state index contributed by atoms with van der Waals surface area (Å²) in [5, 5.41) is 11.8. The number of ether oxygens (including phenoxy) is 1. The third-order valence-electron chi connectivity index (χ3n) is 3.95. The molecular formula is C16H20N2O5. The van der Waals surface area contributed by atoms with E-state index in [0.29, 0.717) is 17.9 Å². The summed E-state index contributed by atoms with van der Waals surface area (Å²) in [6.45, 7) is 5.57. The lowest BCUT2D eigenvalue weighted by Gasteiger charge is -2.24. The molecule has 124 valence electrons. The van der Waals surface area contributed by atoms with E-state index >= 15 is 0 Å². The number of nitrogens with zero attached hydrogens (tertiary/aromatic N) is 1. The van der Waals surface area contributed by atoms with Gasteiger partial charge in [0.2, 0.25) is 0 Å². The number of carboxylic acid groups (broad SMARTS) is 1. The van der Waals surface area contributed by atoms with E-state index in [4.69, 9.17) is 4.74 Å². The molecule has 1 aromatic carbocycles. The molecule has 1 saturated heterocycles. The maximum absolute atomic E-state index is 12.7. The number of carboxylic acids is 1. The van der Waals surface area contributed by atoms with Crippen LogP contribution in [0.15, 0.2) is 24.3 Å². The largest absolute Gasteiger partial charge is 0.494 e. The van der Waals surface area contributed by atoms with Gasteiger partial charge in [0.1, 0.15) is 17.3 Å². The molecule has 1 fully saturated rings. The molecule has 2 N–H and O–H groups in total. The van der Waals surface area contributed by atoms with Crippen molar-refractivity contribution in [3.05, 3.63) is 29.8 Å². The second-order valence-electron chi connectivity index (χ2n) is 5.45. The Labute approximate surface area is 134 Å². The van der Waals surface area contributed by atoms with Gasteiger partial charge in [0, 0.05) is 0 Å². The predicted molar refractivity (Wildman–Crippen MR) is 82.1 cm³/mol. The lowest BCUT2D eigenvalue weighted by molar-refractivity contribution is -0.147. The van der Waals surface area contributed by atoms with Crippen LogP contribution >= 0.6 is 0 Å². The first-order valence-electron chi connectivity index (χ1n) is 7.47. The Morgan fingerprint density at radius 1 is 1.30 bits per heavy atom. The first-order valence-corrected chi connectivity index (χ1v) is 7.47. The number of carbonyl (C=O) groups is 3. The van der Waals surface area contributed by atoms with E-state index in [-0.39, 0.29) is 6.42 Å². The van der Waals surface area contributed by atoms with Crippen molar-refractivity contribution in [3.8, 4) is 5.75 Å². The van der Waals surface area contributed by atoms with Crippen molar-refractivity contribution >= 4 is 17.9 Å². The fraction of sp³-hybridized carbons (Fsp3) is 0.438. The summed E-state index contributed by atoms with van der Waals surface area (Å²) in [7, 11) is 0. The first kappa shape index (κ1) is 16.8. The Morgan fingerprint density at radius 3 is 2.39 bits per heavy atom. The van der Waals surface area contributed by atoms with Gasteiger partial charge < -0.3 is 15.2 Å². The number of carbonyl (C=O) groups excluding carboxylic acids is 2. The van der Waals surface area contributed by atoms with Crippen LogP contribution in [0.3, 0.4) is 0 Å². The third kappa shape index (κ3) is 2.86. The van der Waals surface area contributed by atoms with Crippen molar-refractivity contribution in [3.63, 3.8) is 0 Å². The zero-order chi connectivity index (χ0) is 17.2. The maximum Gasteiger partial charge on any atom is 0.326 e. The van der Waals surface area contributed by atoms with Gasteiger partial charge in [0.05, 0.1) is 6.61 Å². The molecule has 3 amide bonds. The van der Waals surface area contributed by atoms with Crippen molar-refractivity contribution in [2.45, 2.75) is 38.8 Å². The van der Waals surface area contributed by atoms with E-state index in [9.17, 15) is 19.5 Å². The van der Waals surface area contributed by atoms with Crippen LogP contribution < -0.4 is 10.1 Å². The Morgan fingerprint density at radius 2 is 1.91 bits per heavy atom. The van der Waals surface area contributed by atoms with Crippen molar-refractivity contribution in [1.29, 1.82) is 0 Å². The highest BCUT2D eigenvalue weighted by atomic mass is 16.5. The summed E-state index contributed by atoms with van der Waals surface area (Å²) in [6.07, 6.45) is 0.147. The minimum atomic E-state index is -1.29. The van der Waals surface area contributed by atoms with Crippen LogP contribution in [0, 0.1) is 0 Å². The highest BCUT2D eigenvalue weighted by Gasteiger charge is 2.52. The summed E-state index contributed by atoms with van der Waals surface area (Å²) in [4.78, 5) is 36.9. The molecular weight excluding hydrogens is 300 g/mol.